The Morgan fingerprint density at radius 1 is 1.29 bits per heavy atom. The monoisotopic (exact) mass is 411 g/mol. The summed E-state index contributed by atoms with van der Waals surface area (Å²) < 4.78 is 25.0. The van der Waals surface area contributed by atoms with Crippen LogP contribution in [0.2, 0.25) is 0 Å². The van der Waals surface area contributed by atoms with Gasteiger partial charge in [0.25, 0.3) is 0 Å². The maximum absolute atomic E-state index is 13.0. The number of aryl methyl sites for hydroxylation is 1. The first-order valence-electron chi connectivity index (χ1n) is 7.00. The second-order valence-corrected chi connectivity index (χ2v) is 4.55. The fourth-order valence-electron chi connectivity index (χ4n) is 1.85. The zero-order valence-electron chi connectivity index (χ0n) is 12.6. The van der Waals surface area contributed by atoms with Gasteiger partial charge in [0.15, 0.2) is 5.96 Å². The van der Waals surface area contributed by atoms with Gasteiger partial charge in [0.1, 0.15) is 5.82 Å². The Hall–Kier alpha value is -0.920. The molecule has 0 fully saturated rings. The zero-order chi connectivity index (χ0) is 14.8. The number of alkyl halides is 1. The topological polar surface area (TPSA) is 36.4 Å². The van der Waals surface area contributed by atoms with Crippen molar-refractivity contribution in [3.05, 3.63) is 35.1 Å². The first kappa shape index (κ1) is 20.1. The van der Waals surface area contributed by atoms with Crippen molar-refractivity contribution in [2.45, 2.75) is 26.7 Å². The summed E-state index contributed by atoms with van der Waals surface area (Å²) in [5.41, 5.74) is 2.06. The molecular weight excluding hydrogens is 387 g/mol. The van der Waals surface area contributed by atoms with Gasteiger partial charge in [-0.2, -0.15) is 0 Å². The number of aliphatic imine (C=N–C) groups is 1. The van der Waals surface area contributed by atoms with Crippen molar-refractivity contribution in [2.75, 3.05) is 26.3 Å². The molecule has 21 heavy (non-hydrogen) atoms. The van der Waals surface area contributed by atoms with Crippen LogP contribution in [0.5, 0.6) is 0 Å². The van der Waals surface area contributed by atoms with Gasteiger partial charge >= 0.3 is 0 Å². The van der Waals surface area contributed by atoms with Crippen molar-refractivity contribution in [3.8, 4) is 0 Å². The minimum absolute atomic E-state index is 0. The second-order valence-electron chi connectivity index (χ2n) is 4.55. The van der Waals surface area contributed by atoms with Gasteiger partial charge in [0, 0.05) is 19.6 Å². The van der Waals surface area contributed by atoms with Crippen LogP contribution >= 0.6 is 24.0 Å². The predicted octanol–water partition coefficient (Wildman–Crippen LogP) is 3.21. The second kappa shape index (κ2) is 11.7. The third-order valence-corrected chi connectivity index (χ3v) is 2.90. The minimum atomic E-state index is -0.350. The molecule has 0 aliphatic rings. The number of rotatable bonds is 7. The lowest BCUT2D eigenvalue weighted by Gasteiger charge is -2.12. The average Bonchev–Trinajstić information content (AvgIpc) is 2.41. The van der Waals surface area contributed by atoms with E-state index in [0.717, 1.165) is 24.1 Å². The summed E-state index contributed by atoms with van der Waals surface area (Å²) in [4.78, 5) is 4.27. The van der Waals surface area contributed by atoms with Crippen LogP contribution in [0.25, 0.3) is 0 Å². The molecule has 0 saturated carbocycles. The van der Waals surface area contributed by atoms with Crippen LogP contribution in [-0.4, -0.2) is 32.3 Å². The Labute approximate surface area is 142 Å². The van der Waals surface area contributed by atoms with E-state index in [2.05, 4.69) is 15.6 Å². The molecule has 2 N–H and O–H groups in total. The molecule has 0 atom stereocenters. The predicted molar refractivity (Wildman–Crippen MR) is 94.8 cm³/mol. The van der Waals surface area contributed by atoms with Crippen LogP contribution in [-0.2, 0) is 6.42 Å². The Morgan fingerprint density at radius 3 is 2.67 bits per heavy atom. The van der Waals surface area contributed by atoms with Gasteiger partial charge in [0.2, 0.25) is 0 Å². The van der Waals surface area contributed by atoms with E-state index >= 15 is 0 Å². The maximum atomic E-state index is 13.0. The molecule has 0 amide bonds. The van der Waals surface area contributed by atoms with Crippen molar-refractivity contribution in [2.24, 2.45) is 4.99 Å². The van der Waals surface area contributed by atoms with Crippen LogP contribution in [0.1, 0.15) is 24.5 Å². The molecule has 0 spiro atoms. The lowest BCUT2D eigenvalue weighted by atomic mass is 10.1. The number of hydrogen-bond donors (Lipinski definition) is 2. The van der Waals surface area contributed by atoms with E-state index in [9.17, 15) is 8.78 Å². The number of nitrogens with one attached hydrogen (secondary N) is 2. The number of nitrogens with zero attached hydrogens (tertiary/aromatic N) is 1. The SMILES string of the molecule is CCNC(=NCCCF)NCCc1ccc(F)cc1C.I. The summed E-state index contributed by atoms with van der Waals surface area (Å²) in [6, 6.07) is 4.82. The van der Waals surface area contributed by atoms with Crippen molar-refractivity contribution in [1.82, 2.24) is 10.6 Å². The summed E-state index contributed by atoms with van der Waals surface area (Å²) in [5.74, 6) is 0.487. The van der Waals surface area contributed by atoms with Crippen LogP contribution in [0, 0.1) is 12.7 Å². The molecule has 0 aliphatic carbocycles. The highest BCUT2D eigenvalue weighted by atomic mass is 127. The molecule has 3 nitrogen and oxygen atoms in total. The molecule has 6 heteroatoms. The normalized spacial score (nSPS) is 11.0. The van der Waals surface area contributed by atoms with Gasteiger partial charge in [-0.05, 0) is 49.9 Å². The van der Waals surface area contributed by atoms with Crippen molar-refractivity contribution in [1.29, 1.82) is 0 Å². The van der Waals surface area contributed by atoms with Crippen molar-refractivity contribution >= 4 is 29.9 Å². The molecule has 0 aliphatic heterocycles. The van der Waals surface area contributed by atoms with Crippen molar-refractivity contribution < 1.29 is 8.78 Å². The van der Waals surface area contributed by atoms with Gasteiger partial charge in [-0.3, -0.25) is 9.38 Å². The van der Waals surface area contributed by atoms with Gasteiger partial charge in [-0.1, -0.05) is 6.07 Å². The fraction of sp³-hybridized carbons (Fsp3) is 0.533. The highest BCUT2D eigenvalue weighted by Gasteiger charge is 2.01. The largest absolute Gasteiger partial charge is 0.357 e. The van der Waals surface area contributed by atoms with E-state index in [0.29, 0.717) is 25.5 Å². The Morgan fingerprint density at radius 2 is 2.05 bits per heavy atom. The average molecular weight is 411 g/mol. The smallest absolute Gasteiger partial charge is 0.191 e. The molecular formula is C15H24F2IN3. The molecule has 1 aromatic rings. The lowest BCUT2D eigenvalue weighted by Crippen LogP contribution is -2.38. The van der Waals surface area contributed by atoms with E-state index < -0.39 is 0 Å². The summed E-state index contributed by atoms with van der Waals surface area (Å²) in [5, 5.41) is 6.30. The van der Waals surface area contributed by atoms with Crippen LogP contribution < -0.4 is 10.6 Å². The molecule has 0 radical (unpaired) electrons. The van der Waals surface area contributed by atoms with E-state index in [4.69, 9.17) is 0 Å². The molecule has 0 unspecified atom stereocenters. The third-order valence-electron chi connectivity index (χ3n) is 2.90. The number of halogens is 3. The highest BCUT2D eigenvalue weighted by Crippen LogP contribution is 2.10. The first-order valence-corrected chi connectivity index (χ1v) is 7.00. The molecule has 1 rings (SSSR count). The van der Waals surface area contributed by atoms with Crippen LogP contribution in [0.3, 0.4) is 0 Å². The van der Waals surface area contributed by atoms with E-state index in [1.165, 1.54) is 12.1 Å². The van der Waals surface area contributed by atoms with Gasteiger partial charge in [0.05, 0.1) is 6.67 Å². The summed E-state index contributed by atoms with van der Waals surface area (Å²) in [7, 11) is 0. The standard InChI is InChI=1S/C15H23F2N3.HI/c1-3-18-15(19-9-4-8-16)20-10-7-13-5-6-14(17)11-12(13)2;/h5-6,11H,3-4,7-10H2,1-2H3,(H2,18,19,20);1H. The summed E-state index contributed by atoms with van der Waals surface area (Å²) >= 11 is 0. The Balaban J connectivity index is 0.00000400. The quantitative estimate of drug-likeness (QED) is 0.313. The van der Waals surface area contributed by atoms with Gasteiger partial charge in [-0.15, -0.1) is 24.0 Å². The highest BCUT2D eigenvalue weighted by molar-refractivity contribution is 14.0. The summed E-state index contributed by atoms with van der Waals surface area (Å²) in [6.07, 6.45) is 1.23. The first-order chi connectivity index (χ1) is 9.67. The molecule has 0 bridgehead atoms. The van der Waals surface area contributed by atoms with Gasteiger partial charge < -0.3 is 10.6 Å². The molecule has 1 aromatic carbocycles. The number of benzene rings is 1. The minimum Gasteiger partial charge on any atom is -0.357 e. The number of hydrogen-bond acceptors (Lipinski definition) is 1. The Bertz CT molecular complexity index is 439. The van der Waals surface area contributed by atoms with E-state index in [1.807, 2.05) is 13.8 Å². The maximum Gasteiger partial charge on any atom is 0.191 e. The molecule has 0 saturated heterocycles. The fourth-order valence-corrected chi connectivity index (χ4v) is 1.85. The van der Waals surface area contributed by atoms with E-state index in [1.54, 1.807) is 6.07 Å². The zero-order valence-corrected chi connectivity index (χ0v) is 14.9. The molecule has 0 aromatic heterocycles. The van der Waals surface area contributed by atoms with Crippen LogP contribution in [0.4, 0.5) is 8.78 Å². The van der Waals surface area contributed by atoms with Gasteiger partial charge in [-0.25, -0.2) is 4.39 Å². The number of guanidine groups is 1. The Kier molecular flexibility index (Phi) is 11.2. The molecule has 0 heterocycles. The van der Waals surface area contributed by atoms with Crippen molar-refractivity contribution in [3.63, 3.8) is 0 Å². The summed E-state index contributed by atoms with van der Waals surface area (Å²) in [6.45, 7) is 5.47. The molecule has 120 valence electrons. The third kappa shape index (κ3) is 8.18. The lowest BCUT2D eigenvalue weighted by molar-refractivity contribution is 0.477. The van der Waals surface area contributed by atoms with E-state index in [-0.39, 0.29) is 36.5 Å². The van der Waals surface area contributed by atoms with Crippen LogP contribution in [0.15, 0.2) is 23.2 Å².